The van der Waals surface area contributed by atoms with Crippen molar-refractivity contribution in [2.45, 2.75) is 39.4 Å². The molecule has 0 aliphatic heterocycles. The number of hydrogen-bond donors (Lipinski definition) is 2. The summed E-state index contributed by atoms with van der Waals surface area (Å²) in [7, 11) is 1.51. The summed E-state index contributed by atoms with van der Waals surface area (Å²) in [6.45, 7) is 5.00. The van der Waals surface area contributed by atoms with Gasteiger partial charge in [-0.15, -0.1) is 12.4 Å². The Bertz CT molecular complexity index is 239. The lowest BCUT2D eigenvalue weighted by Gasteiger charge is -2.28. The van der Waals surface area contributed by atoms with Crippen LogP contribution in [0.1, 0.15) is 27.2 Å². The zero-order valence-corrected chi connectivity index (χ0v) is 11.3. The summed E-state index contributed by atoms with van der Waals surface area (Å²) < 4.78 is 37.8. The second kappa shape index (κ2) is 7.06. The molecule has 2 N–H and O–H groups in total. The fourth-order valence-corrected chi connectivity index (χ4v) is 1.27. The molecule has 104 valence electrons. The fraction of sp³-hybridized carbons (Fsp3) is 0.900. The third-order valence-electron chi connectivity index (χ3n) is 1.88. The Morgan fingerprint density at radius 2 is 1.71 bits per heavy atom. The number of carbonyl (C=O) groups is 1. The third-order valence-corrected chi connectivity index (χ3v) is 1.88. The molecule has 0 radical (unpaired) electrons. The van der Waals surface area contributed by atoms with Gasteiger partial charge in [0.2, 0.25) is 5.91 Å². The van der Waals surface area contributed by atoms with Crippen LogP contribution in [0.25, 0.3) is 0 Å². The first kappa shape index (κ1) is 18.9. The molecule has 0 saturated heterocycles. The summed E-state index contributed by atoms with van der Waals surface area (Å²) in [5.74, 6) is -0.644. The summed E-state index contributed by atoms with van der Waals surface area (Å²) in [4.78, 5) is 11.1. The Hall–Kier alpha value is -0.490. The van der Waals surface area contributed by atoms with Gasteiger partial charge in [0.1, 0.15) is 6.04 Å². The van der Waals surface area contributed by atoms with Gasteiger partial charge in [-0.25, -0.2) is 0 Å². The molecule has 1 amide bonds. The highest BCUT2D eigenvalue weighted by Gasteiger charge is 2.42. The Morgan fingerprint density at radius 3 is 2.00 bits per heavy atom. The van der Waals surface area contributed by atoms with Gasteiger partial charge in [0.15, 0.2) is 0 Å². The van der Waals surface area contributed by atoms with Crippen molar-refractivity contribution >= 4 is 18.3 Å². The highest BCUT2D eigenvalue weighted by molar-refractivity contribution is 5.85. The fourth-order valence-electron chi connectivity index (χ4n) is 1.27. The maximum Gasteiger partial charge on any atom is 0.408 e. The number of halogens is 4. The number of hydrogen-bond acceptors (Lipinski definition) is 2. The normalized spacial score (nSPS) is 13.8. The highest BCUT2D eigenvalue weighted by Crippen LogP contribution is 2.30. The first-order chi connectivity index (χ1) is 7.06. The molecule has 0 aromatic rings. The van der Waals surface area contributed by atoms with E-state index >= 15 is 0 Å². The Morgan fingerprint density at radius 1 is 1.24 bits per heavy atom. The van der Waals surface area contributed by atoms with Gasteiger partial charge >= 0.3 is 6.18 Å². The van der Waals surface area contributed by atoms with Crippen LogP contribution in [-0.4, -0.2) is 31.7 Å². The summed E-state index contributed by atoms with van der Waals surface area (Å²) in [6.07, 6.45) is -4.54. The highest BCUT2D eigenvalue weighted by atomic mass is 35.5. The molecule has 0 heterocycles. The minimum Gasteiger partial charge on any atom is -0.343 e. The van der Waals surface area contributed by atoms with Crippen molar-refractivity contribution in [2.24, 2.45) is 5.41 Å². The Labute approximate surface area is 106 Å². The largest absolute Gasteiger partial charge is 0.408 e. The van der Waals surface area contributed by atoms with Crippen LogP contribution in [0.2, 0.25) is 0 Å². The number of nitrogens with one attached hydrogen (secondary N) is 2. The van der Waals surface area contributed by atoms with Crippen LogP contribution in [0.15, 0.2) is 0 Å². The van der Waals surface area contributed by atoms with E-state index in [1.165, 1.54) is 7.05 Å². The quantitative estimate of drug-likeness (QED) is 0.826. The minimum atomic E-state index is -4.41. The monoisotopic (exact) mass is 276 g/mol. The summed E-state index contributed by atoms with van der Waals surface area (Å²) in [6, 6.07) is -1.78. The number of amides is 1. The molecule has 0 aromatic heterocycles. The molecule has 3 nitrogen and oxygen atoms in total. The van der Waals surface area contributed by atoms with Gasteiger partial charge < -0.3 is 10.6 Å². The van der Waals surface area contributed by atoms with Crippen LogP contribution in [0, 0.1) is 5.41 Å². The molecule has 0 bridgehead atoms. The average molecular weight is 277 g/mol. The van der Waals surface area contributed by atoms with Crippen molar-refractivity contribution in [3.63, 3.8) is 0 Å². The second-order valence-electron chi connectivity index (χ2n) is 4.96. The van der Waals surface area contributed by atoms with Crippen LogP contribution in [0.5, 0.6) is 0 Å². The predicted octanol–water partition coefficient (Wildman–Crippen LogP) is 2.11. The van der Waals surface area contributed by atoms with Crippen molar-refractivity contribution in [3.8, 4) is 0 Å². The van der Waals surface area contributed by atoms with Gasteiger partial charge in [-0.1, -0.05) is 20.8 Å². The molecule has 1 unspecified atom stereocenters. The van der Waals surface area contributed by atoms with E-state index in [-0.39, 0.29) is 25.4 Å². The molecular formula is C10H20ClF3N2O. The SMILES string of the molecule is CNCC(=O)NC(CC(C)(C)C)C(F)(F)F.Cl. The van der Waals surface area contributed by atoms with Gasteiger partial charge in [0.05, 0.1) is 6.54 Å². The maximum atomic E-state index is 12.6. The van der Waals surface area contributed by atoms with Gasteiger partial charge in [0, 0.05) is 0 Å². The van der Waals surface area contributed by atoms with Crippen molar-refractivity contribution < 1.29 is 18.0 Å². The number of carbonyl (C=O) groups excluding carboxylic acids is 1. The molecule has 7 heteroatoms. The average Bonchev–Trinajstić information content (AvgIpc) is 1.98. The number of alkyl halides is 3. The molecule has 17 heavy (non-hydrogen) atoms. The van der Waals surface area contributed by atoms with Crippen LogP contribution < -0.4 is 10.6 Å². The van der Waals surface area contributed by atoms with E-state index in [0.717, 1.165) is 0 Å². The molecule has 0 aliphatic carbocycles. The van der Waals surface area contributed by atoms with Gasteiger partial charge in [-0.2, -0.15) is 13.2 Å². The van der Waals surface area contributed by atoms with E-state index < -0.39 is 23.5 Å². The first-order valence-electron chi connectivity index (χ1n) is 5.07. The standard InChI is InChI=1S/C10H19F3N2O.ClH/c1-9(2,3)5-7(10(11,12)13)15-8(16)6-14-4;/h7,14H,5-6H2,1-4H3,(H,15,16);1H. The Kier molecular flexibility index (Phi) is 7.83. The van der Waals surface area contributed by atoms with Gasteiger partial charge in [-0.05, 0) is 18.9 Å². The summed E-state index contributed by atoms with van der Waals surface area (Å²) >= 11 is 0. The molecule has 0 spiro atoms. The lowest BCUT2D eigenvalue weighted by atomic mass is 9.88. The lowest BCUT2D eigenvalue weighted by Crippen LogP contribution is -2.49. The zero-order valence-electron chi connectivity index (χ0n) is 10.4. The molecule has 0 aromatic carbocycles. The van der Waals surface area contributed by atoms with Crippen molar-refractivity contribution in [2.75, 3.05) is 13.6 Å². The van der Waals surface area contributed by atoms with Crippen LogP contribution >= 0.6 is 12.4 Å². The van der Waals surface area contributed by atoms with Crippen LogP contribution in [0.3, 0.4) is 0 Å². The molecule has 0 rings (SSSR count). The maximum absolute atomic E-state index is 12.6. The lowest BCUT2D eigenvalue weighted by molar-refractivity contribution is -0.166. The summed E-state index contributed by atoms with van der Waals surface area (Å²) in [5, 5.41) is 4.50. The number of rotatable bonds is 4. The third kappa shape index (κ3) is 9.23. The second-order valence-corrected chi connectivity index (χ2v) is 4.96. The van der Waals surface area contributed by atoms with Crippen LogP contribution in [0.4, 0.5) is 13.2 Å². The van der Waals surface area contributed by atoms with Crippen LogP contribution in [-0.2, 0) is 4.79 Å². The van der Waals surface area contributed by atoms with Gasteiger partial charge in [0.25, 0.3) is 0 Å². The molecule has 1 atom stereocenters. The first-order valence-corrected chi connectivity index (χ1v) is 5.07. The van der Waals surface area contributed by atoms with E-state index in [9.17, 15) is 18.0 Å². The molecule has 0 saturated carbocycles. The van der Waals surface area contributed by atoms with Crippen molar-refractivity contribution in [1.82, 2.24) is 10.6 Å². The van der Waals surface area contributed by atoms with Gasteiger partial charge in [-0.3, -0.25) is 4.79 Å². The Balaban J connectivity index is 0. The van der Waals surface area contributed by atoms with E-state index in [0.29, 0.717) is 0 Å². The molecule has 0 fully saturated rings. The zero-order chi connectivity index (χ0) is 13.0. The predicted molar refractivity (Wildman–Crippen MR) is 63.2 cm³/mol. The van der Waals surface area contributed by atoms with E-state index in [1.807, 2.05) is 5.32 Å². The summed E-state index contributed by atoms with van der Waals surface area (Å²) in [5.41, 5.74) is -0.493. The van der Waals surface area contributed by atoms with Crippen molar-refractivity contribution in [3.05, 3.63) is 0 Å². The van der Waals surface area contributed by atoms with Crippen molar-refractivity contribution in [1.29, 1.82) is 0 Å². The number of likely N-dealkylation sites (N-methyl/N-ethyl adjacent to an activating group) is 1. The molecular weight excluding hydrogens is 257 g/mol. The molecule has 0 aliphatic rings. The van der Waals surface area contributed by atoms with E-state index in [2.05, 4.69) is 5.32 Å². The topological polar surface area (TPSA) is 41.1 Å². The van der Waals surface area contributed by atoms with E-state index in [1.54, 1.807) is 20.8 Å². The minimum absolute atomic E-state index is 0. The smallest absolute Gasteiger partial charge is 0.343 e. The van der Waals surface area contributed by atoms with E-state index in [4.69, 9.17) is 0 Å².